The molecule has 0 aliphatic carbocycles. The van der Waals surface area contributed by atoms with Gasteiger partial charge in [-0.05, 0) is 61.4 Å². The van der Waals surface area contributed by atoms with Gasteiger partial charge in [-0.2, -0.15) is 0 Å². The summed E-state index contributed by atoms with van der Waals surface area (Å²) >= 11 is 0. The number of hydrogen-bond acceptors (Lipinski definition) is 2. The highest BCUT2D eigenvalue weighted by atomic mass is 19.1. The molecule has 1 aliphatic rings. The van der Waals surface area contributed by atoms with Crippen molar-refractivity contribution in [1.82, 2.24) is 14.5 Å². The molecule has 4 nitrogen and oxygen atoms in total. The van der Waals surface area contributed by atoms with Gasteiger partial charge in [-0.3, -0.25) is 4.79 Å². The lowest BCUT2D eigenvalue weighted by Crippen LogP contribution is -2.39. The van der Waals surface area contributed by atoms with E-state index in [0.29, 0.717) is 18.7 Å². The van der Waals surface area contributed by atoms with Gasteiger partial charge in [0.15, 0.2) is 0 Å². The molecule has 138 valence electrons. The predicted octanol–water partition coefficient (Wildman–Crippen LogP) is 4.17. The Kier molecular flexibility index (Phi) is 4.71. The van der Waals surface area contributed by atoms with Crippen LogP contribution in [-0.4, -0.2) is 33.4 Å². The number of nitrogens with zero attached hydrogens (tertiary/aromatic N) is 3. The lowest BCUT2D eigenvalue weighted by Gasteiger charge is -2.32. The number of aromatic nitrogens is 2. The second-order valence-electron chi connectivity index (χ2n) is 6.78. The van der Waals surface area contributed by atoms with Gasteiger partial charge in [-0.25, -0.2) is 13.8 Å². The first-order valence-corrected chi connectivity index (χ1v) is 8.95. The molecule has 1 unspecified atom stereocenters. The molecule has 0 spiro atoms. The third-order valence-corrected chi connectivity index (χ3v) is 4.95. The highest BCUT2D eigenvalue weighted by Gasteiger charge is 2.27. The number of hydrogen-bond donors (Lipinski definition) is 0. The largest absolute Gasteiger partial charge is 0.338 e. The van der Waals surface area contributed by atoms with Crippen LogP contribution < -0.4 is 0 Å². The number of rotatable bonds is 3. The van der Waals surface area contributed by atoms with Crippen molar-refractivity contribution in [1.29, 1.82) is 0 Å². The maximum atomic E-state index is 13.1. The molecule has 4 rings (SSSR count). The first-order chi connectivity index (χ1) is 13.1. The van der Waals surface area contributed by atoms with E-state index in [-0.39, 0.29) is 23.5 Å². The standard InChI is InChI=1S/C21H19F2N3O/c22-17-5-3-15(4-6-17)21(27)25-11-1-2-16(12-25)20-13-26(14-24-20)19-9-7-18(23)8-10-19/h3-10,13-14,16H,1-2,11-12H2. The first-order valence-electron chi connectivity index (χ1n) is 8.95. The zero-order chi connectivity index (χ0) is 18.8. The van der Waals surface area contributed by atoms with Crippen LogP contribution in [0, 0.1) is 11.6 Å². The Morgan fingerprint density at radius 3 is 2.37 bits per heavy atom. The van der Waals surface area contributed by atoms with Crippen molar-refractivity contribution < 1.29 is 13.6 Å². The number of imidazole rings is 1. The Morgan fingerprint density at radius 2 is 1.67 bits per heavy atom. The number of carbonyl (C=O) groups is 1. The molecule has 1 fully saturated rings. The van der Waals surface area contributed by atoms with Crippen LogP contribution in [0.3, 0.4) is 0 Å². The zero-order valence-corrected chi connectivity index (χ0v) is 14.7. The summed E-state index contributed by atoms with van der Waals surface area (Å²) in [5.41, 5.74) is 2.25. The normalized spacial score (nSPS) is 17.1. The minimum Gasteiger partial charge on any atom is -0.338 e. The van der Waals surface area contributed by atoms with Crippen molar-refractivity contribution >= 4 is 5.91 Å². The lowest BCUT2D eigenvalue weighted by atomic mass is 9.94. The molecule has 1 amide bonds. The third-order valence-electron chi connectivity index (χ3n) is 4.95. The van der Waals surface area contributed by atoms with Gasteiger partial charge in [0.1, 0.15) is 11.6 Å². The highest BCUT2D eigenvalue weighted by Crippen LogP contribution is 2.27. The Bertz CT molecular complexity index is 935. The van der Waals surface area contributed by atoms with Gasteiger partial charge in [0, 0.05) is 36.5 Å². The number of amides is 1. The summed E-state index contributed by atoms with van der Waals surface area (Å²) in [4.78, 5) is 19.0. The summed E-state index contributed by atoms with van der Waals surface area (Å²) < 4.78 is 28.0. The molecule has 1 aliphatic heterocycles. The van der Waals surface area contributed by atoms with Crippen LogP contribution in [0.4, 0.5) is 8.78 Å². The summed E-state index contributed by atoms with van der Waals surface area (Å²) in [6.45, 7) is 1.27. The van der Waals surface area contributed by atoms with Gasteiger partial charge in [0.05, 0.1) is 12.0 Å². The average molecular weight is 367 g/mol. The Morgan fingerprint density at radius 1 is 1.00 bits per heavy atom. The van der Waals surface area contributed by atoms with E-state index in [2.05, 4.69) is 4.98 Å². The van der Waals surface area contributed by atoms with Gasteiger partial charge in [0.25, 0.3) is 5.91 Å². The van der Waals surface area contributed by atoms with E-state index in [1.807, 2.05) is 10.8 Å². The zero-order valence-electron chi connectivity index (χ0n) is 14.7. The third kappa shape index (κ3) is 3.74. The van der Waals surface area contributed by atoms with Crippen molar-refractivity contribution in [2.45, 2.75) is 18.8 Å². The summed E-state index contributed by atoms with van der Waals surface area (Å²) in [7, 11) is 0. The molecular weight excluding hydrogens is 348 g/mol. The van der Waals surface area contributed by atoms with Crippen molar-refractivity contribution in [2.24, 2.45) is 0 Å². The molecule has 0 N–H and O–H groups in total. The molecule has 6 heteroatoms. The molecule has 0 bridgehead atoms. The van der Waals surface area contributed by atoms with Gasteiger partial charge >= 0.3 is 0 Å². The highest BCUT2D eigenvalue weighted by molar-refractivity contribution is 5.94. The first kappa shape index (κ1) is 17.4. The molecule has 1 saturated heterocycles. The van der Waals surface area contributed by atoms with Crippen molar-refractivity contribution in [2.75, 3.05) is 13.1 Å². The Labute approximate surface area is 156 Å². The van der Waals surface area contributed by atoms with Crippen LogP contribution in [0.15, 0.2) is 61.1 Å². The number of carbonyl (C=O) groups excluding carboxylic acids is 1. The predicted molar refractivity (Wildman–Crippen MR) is 97.8 cm³/mol. The average Bonchev–Trinajstić information content (AvgIpc) is 3.19. The van der Waals surface area contributed by atoms with Crippen LogP contribution in [0.5, 0.6) is 0 Å². The van der Waals surface area contributed by atoms with E-state index in [9.17, 15) is 13.6 Å². The number of benzene rings is 2. The fourth-order valence-electron chi connectivity index (χ4n) is 3.48. The molecule has 1 atom stereocenters. The summed E-state index contributed by atoms with van der Waals surface area (Å²) in [5.74, 6) is -0.571. The Balaban J connectivity index is 1.49. The fraction of sp³-hybridized carbons (Fsp3) is 0.238. The van der Waals surface area contributed by atoms with Crippen LogP contribution >= 0.6 is 0 Å². The molecule has 1 aromatic heterocycles. The minimum atomic E-state index is -0.352. The van der Waals surface area contributed by atoms with Crippen LogP contribution in [0.2, 0.25) is 0 Å². The lowest BCUT2D eigenvalue weighted by molar-refractivity contribution is 0.0706. The van der Waals surface area contributed by atoms with Crippen LogP contribution in [0.25, 0.3) is 5.69 Å². The van der Waals surface area contributed by atoms with E-state index in [0.717, 1.165) is 24.2 Å². The molecule has 2 heterocycles. The van der Waals surface area contributed by atoms with Crippen molar-refractivity contribution in [3.8, 4) is 5.69 Å². The van der Waals surface area contributed by atoms with E-state index in [4.69, 9.17) is 0 Å². The smallest absolute Gasteiger partial charge is 0.253 e. The van der Waals surface area contributed by atoms with Gasteiger partial charge in [-0.15, -0.1) is 0 Å². The SMILES string of the molecule is O=C(c1ccc(F)cc1)N1CCCC(c2cn(-c3ccc(F)cc3)cn2)C1. The molecule has 0 saturated carbocycles. The van der Waals surface area contributed by atoms with E-state index < -0.39 is 0 Å². The van der Waals surface area contributed by atoms with E-state index in [1.54, 1.807) is 23.4 Å². The monoisotopic (exact) mass is 367 g/mol. The minimum absolute atomic E-state index is 0.0855. The van der Waals surface area contributed by atoms with Crippen molar-refractivity contribution in [3.05, 3.63) is 83.9 Å². The topological polar surface area (TPSA) is 38.1 Å². The molecular formula is C21H19F2N3O. The molecule has 2 aromatic carbocycles. The number of halogens is 2. The molecule has 0 radical (unpaired) electrons. The number of likely N-dealkylation sites (tertiary alicyclic amines) is 1. The van der Waals surface area contributed by atoms with Gasteiger partial charge in [-0.1, -0.05) is 0 Å². The molecule has 3 aromatic rings. The Hall–Kier alpha value is -3.02. The van der Waals surface area contributed by atoms with Gasteiger partial charge in [0.2, 0.25) is 0 Å². The van der Waals surface area contributed by atoms with Gasteiger partial charge < -0.3 is 9.47 Å². The van der Waals surface area contributed by atoms with E-state index in [1.165, 1.54) is 36.4 Å². The second-order valence-corrected chi connectivity index (χ2v) is 6.78. The fourth-order valence-corrected chi connectivity index (χ4v) is 3.48. The van der Waals surface area contributed by atoms with Crippen molar-refractivity contribution in [3.63, 3.8) is 0 Å². The quantitative estimate of drug-likeness (QED) is 0.697. The van der Waals surface area contributed by atoms with Crippen LogP contribution in [0.1, 0.15) is 34.8 Å². The van der Waals surface area contributed by atoms with Crippen LogP contribution in [-0.2, 0) is 0 Å². The summed E-state index contributed by atoms with van der Waals surface area (Å²) in [5, 5.41) is 0. The maximum absolute atomic E-state index is 13.1. The molecule has 27 heavy (non-hydrogen) atoms. The summed E-state index contributed by atoms with van der Waals surface area (Å²) in [6, 6.07) is 11.9. The number of piperidine rings is 1. The maximum Gasteiger partial charge on any atom is 0.253 e. The summed E-state index contributed by atoms with van der Waals surface area (Å²) in [6.07, 6.45) is 5.49. The second kappa shape index (κ2) is 7.31. The van der Waals surface area contributed by atoms with E-state index >= 15 is 0 Å².